The summed E-state index contributed by atoms with van der Waals surface area (Å²) in [5.74, 6) is 0. The summed E-state index contributed by atoms with van der Waals surface area (Å²) in [6.45, 7) is 1.53. The summed E-state index contributed by atoms with van der Waals surface area (Å²) in [4.78, 5) is 0. The summed E-state index contributed by atoms with van der Waals surface area (Å²) in [6.07, 6.45) is 0. The number of benzene rings is 1. The second-order valence-electron chi connectivity index (χ2n) is 2.96. The van der Waals surface area contributed by atoms with E-state index >= 15 is 0 Å². The monoisotopic (exact) mass is 237 g/mol. The number of rotatable bonds is 3. The highest BCUT2D eigenvalue weighted by atomic mass is 32.2. The molecule has 1 aromatic rings. The zero-order valence-corrected chi connectivity index (χ0v) is 8.73. The molecule has 6 heteroatoms. The third kappa shape index (κ3) is 3.64. The zero-order valence-electron chi connectivity index (χ0n) is 7.91. The van der Waals surface area contributed by atoms with E-state index in [1.165, 1.54) is 6.92 Å². The SMILES string of the molecule is C[C@@H](NS(=O)C(F)(F)F)c1ccccc1. The molecule has 0 amide bonds. The molecule has 1 N–H and O–H groups in total. The maximum atomic E-state index is 12.0. The highest BCUT2D eigenvalue weighted by molar-refractivity contribution is 7.83. The molecule has 0 heterocycles. The molecule has 84 valence electrons. The van der Waals surface area contributed by atoms with E-state index in [2.05, 4.69) is 0 Å². The van der Waals surface area contributed by atoms with E-state index in [-0.39, 0.29) is 0 Å². The fourth-order valence-electron chi connectivity index (χ4n) is 1.04. The van der Waals surface area contributed by atoms with Crippen LogP contribution in [0.4, 0.5) is 13.2 Å². The van der Waals surface area contributed by atoms with E-state index in [1.807, 2.05) is 4.72 Å². The Morgan fingerprint density at radius 3 is 2.27 bits per heavy atom. The Bertz CT molecular complexity index is 339. The van der Waals surface area contributed by atoms with Crippen molar-refractivity contribution in [2.24, 2.45) is 0 Å². The molecule has 0 fully saturated rings. The normalized spacial score (nSPS) is 16.0. The Morgan fingerprint density at radius 2 is 1.80 bits per heavy atom. The fraction of sp³-hybridized carbons (Fsp3) is 0.333. The molecule has 1 aromatic carbocycles. The van der Waals surface area contributed by atoms with Crippen molar-refractivity contribution in [2.75, 3.05) is 0 Å². The predicted molar refractivity (Wildman–Crippen MR) is 52.2 cm³/mol. The maximum Gasteiger partial charge on any atom is 0.485 e. The van der Waals surface area contributed by atoms with Crippen LogP contribution in [0.3, 0.4) is 0 Å². The van der Waals surface area contributed by atoms with Gasteiger partial charge < -0.3 is 0 Å². The van der Waals surface area contributed by atoms with E-state index in [4.69, 9.17) is 0 Å². The van der Waals surface area contributed by atoms with Gasteiger partial charge in [0.05, 0.1) is 0 Å². The van der Waals surface area contributed by atoms with Crippen LogP contribution in [0.2, 0.25) is 0 Å². The van der Waals surface area contributed by atoms with E-state index in [0.29, 0.717) is 5.56 Å². The van der Waals surface area contributed by atoms with Gasteiger partial charge in [-0.2, -0.15) is 13.2 Å². The van der Waals surface area contributed by atoms with Crippen LogP contribution in [-0.2, 0) is 11.0 Å². The first-order valence-electron chi connectivity index (χ1n) is 4.21. The van der Waals surface area contributed by atoms with Gasteiger partial charge in [-0.3, -0.25) is 0 Å². The number of halogens is 3. The number of alkyl halides is 3. The Kier molecular flexibility index (Phi) is 3.87. The zero-order chi connectivity index (χ0) is 11.5. The van der Waals surface area contributed by atoms with E-state index in [0.717, 1.165) is 0 Å². The highest BCUT2D eigenvalue weighted by Gasteiger charge is 2.37. The average molecular weight is 237 g/mol. The molecule has 1 rings (SSSR count). The molecule has 0 spiro atoms. The molecule has 0 aliphatic carbocycles. The molecule has 0 radical (unpaired) electrons. The first kappa shape index (κ1) is 12.2. The molecule has 0 aliphatic heterocycles. The van der Waals surface area contributed by atoms with Gasteiger partial charge in [0.2, 0.25) is 0 Å². The third-order valence-corrected chi connectivity index (χ3v) is 2.78. The van der Waals surface area contributed by atoms with Crippen LogP contribution in [0.5, 0.6) is 0 Å². The molecule has 1 unspecified atom stereocenters. The standard InChI is InChI=1S/C9H10F3NOS/c1-7(8-5-3-2-4-6-8)13-15(14)9(10,11)12/h2-7,13H,1H3/t7-,15?/m1/s1. The van der Waals surface area contributed by atoms with Crippen LogP contribution in [0.25, 0.3) is 0 Å². The first-order valence-corrected chi connectivity index (χ1v) is 5.36. The lowest BCUT2D eigenvalue weighted by molar-refractivity contribution is -0.0396. The molecule has 0 aromatic heterocycles. The molecule has 0 saturated heterocycles. The van der Waals surface area contributed by atoms with Gasteiger partial charge in [0, 0.05) is 6.04 Å². The van der Waals surface area contributed by atoms with Crippen molar-refractivity contribution in [3.63, 3.8) is 0 Å². The van der Waals surface area contributed by atoms with Crippen molar-refractivity contribution in [1.29, 1.82) is 0 Å². The Morgan fingerprint density at radius 1 is 1.27 bits per heavy atom. The van der Waals surface area contributed by atoms with Crippen molar-refractivity contribution < 1.29 is 17.4 Å². The van der Waals surface area contributed by atoms with E-state index in [9.17, 15) is 17.4 Å². The van der Waals surface area contributed by atoms with Crippen LogP contribution < -0.4 is 4.72 Å². The predicted octanol–water partition coefficient (Wildman–Crippen LogP) is 2.52. The second-order valence-corrected chi connectivity index (χ2v) is 4.20. The van der Waals surface area contributed by atoms with Gasteiger partial charge >= 0.3 is 5.51 Å². The largest absolute Gasteiger partial charge is 0.485 e. The summed E-state index contributed by atoms with van der Waals surface area (Å²) in [5.41, 5.74) is -4.06. The van der Waals surface area contributed by atoms with Gasteiger partial charge in [0.1, 0.15) is 0 Å². The lowest BCUT2D eigenvalue weighted by Crippen LogP contribution is -2.31. The molecule has 0 aliphatic rings. The summed E-state index contributed by atoms with van der Waals surface area (Å²) in [5, 5.41) is 0. The van der Waals surface area contributed by atoms with Gasteiger partial charge in [0.25, 0.3) is 0 Å². The van der Waals surface area contributed by atoms with Crippen LogP contribution in [0.1, 0.15) is 18.5 Å². The van der Waals surface area contributed by atoms with Gasteiger partial charge in [-0.15, -0.1) is 0 Å². The minimum absolute atomic E-state index is 0.603. The highest BCUT2D eigenvalue weighted by Crippen LogP contribution is 2.21. The Balaban J connectivity index is 2.65. The quantitative estimate of drug-likeness (QED) is 0.859. The second kappa shape index (κ2) is 4.76. The summed E-state index contributed by atoms with van der Waals surface area (Å²) >= 11 is 0. The van der Waals surface area contributed by atoms with Gasteiger partial charge in [-0.25, -0.2) is 8.93 Å². The average Bonchev–Trinajstić information content (AvgIpc) is 2.17. The Hall–Kier alpha value is -0.880. The van der Waals surface area contributed by atoms with Crippen molar-refractivity contribution in [2.45, 2.75) is 18.5 Å². The van der Waals surface area contributed by atoms with Crippen molar-refractivity contribution in [3.8, 4) is 0 Å². The molecule has 15 heavy (non-hydrogen) atoms. The van der Waals surface area contributed by atoms with Crippen molar-refractivity contribution in [1.82, 2.24) is 4.72 Å². The minimum Gasteiger partial charge on any atom is -0.234 e. The summed E-state index contributed by atoms with van der Waals surface area (Å²) in [6, 6.07) is 7.93. The molecule has 0 bridgehead atoms. The van der Waals surface area contributed by atoms with Crippen molar-refractivity contribution in [3.05, 3.63) is 35.9 Å². The van der Waals surface area contributed by atoms with E-state index < -0.39 is 22.5 Å². The fourth-order valence-corrected chi connectivity index (χ4v) is 1.63. The van der Waals surface area contributed by atoms with Gasteiger partial charge in [-0.1, -0.05) is 30.3 Å². The third-order valence-electron chi connectivity index (χ3n) is 1.79. The minimum atomic E-state index is -4.72. The lowest BCUT2D eigenvalue weighted by atomic mass is 10.1. The smallest absolute Gasteiger partial charge is 0.234 e. The van der Waals surface area contributed by atoms with Crippen molar-refractivity contribution >= 4 is 11.0 Å². The first-order chi connectivity index (χ1) is 6.91. The lowest BCUT2D eigenvalue weighted by Gasteiger charge is -2.14. The molecular formula is C9H10F3NOS. The topological polar surface area (TPSA) is 29.1 Å². The Labute approximate surface area is 88.1 Å². The van der Waals surface area contributed by atoms with Crippen LogP contribution in [0.15, 0.2) is 30.3 Å². The van der Waals surface area contributed by atoms with Gasteiger partial charge in [-0.05, 0) is 12.5 Å². The maximum absolute atomic E-state index is 12.0. The van der Waals surface area contributed by atoms with Crippen LogP contribution in [0, 0.1) is 0 Å². The van der Waals surface area contributed by atoms with Crippen LogP contribution >= 0.6 is 0 Å². The molecule has 2 atom stereocenters. The number of nitrogens with one attached hydrogen (secondary N) is 1. The van der Waals surface area contributed by atoms with Gasteiger partial charge in [0.15, 0.2) is 11.0 Å². The number of hydrogen-bond acceptors (Lipinski definition) is 1. The van der Waals surface area contributed by atoms with Crippen LogP contribution in [-0.4, -0.2) is 9.72 Å². The molecule has 2 nitrogen and oxygen atoms in total. The summed E-state index contributed by atoms with van der Waals surface area (Å²) in [7, 11) is -3.02. The molecular weight excluding hydrogens is 227 g/mol. The van der Waals surface area contributed by atoms with E-state index in [1.54, 1.807) is 30.3 Å². The summed E-state index contributed by atoms with van der Waals surface area (Å²) < 4.78 is 48.6. The molecule has 0 saturated carbocycles. The number of hydrogen-bond donors (Lipinski definition) is 1.